The SMILES string of the molecule is C=CCNc1nc(C)cn1C1CCCCC1. The lowest BCUT2D eigenvalue weighted by molar-refractivity contribution is 0.356. The first-order valence-electron chi connectivity index (χ1n) is 6.21. The fourth-order valence-electron chi connectivity index (χ4n) is 2.45. The minimum absolute atomic E-state index is 0.641. The Kier molecular flexibility index (Phi) is 3.65. The molecule has 0 amide bonds. The first kappa shape index (κ1) is 11.2. The maximum Gasteiger partial charge on any atom is 0.203 e. The van der Waals surface area contributed by atoms with Gasteiger partial charge in [0.1, 0.15) is 0 Å². The highest BCUT2D eigenvalue weighted by molar-refractivity contribution is 5.30. The molecule has 16 heavy (non-hydrogen) atoms. The summed E-state index contributed by atoms with van der Waals surface area (Å²) >= 11 is 0. The Balaban J connectivity index is 2.13. The summed E-state index contributed by atoms with van der Waals surface area (Å²) in [5.74, 6) is 1.00. The highest BCUT2D eigenvalue weighted by Crippen LogP contribution is 2.30. The van der Waals surface area contributed by atoms with Crippen molar-refractivity contribution in [3.8, 4) is 0 Å². The van der Waals surface area contributed by atoms with Crippen molar-refractivity contribution >= 4 is 5.95 Å². The van der Waals surface area contributed by atoms with E-state index in [2.05, 4.69) is 34.6 Å². The molecule has 88 valence electrons. The van der Waals surface area contributed by atoms with E-state index < -0.39 is 0 Å². The van der Waals surface area contributed by atoms with Gasteiger partial charge in [0, 0.05) is 18.8 Å². The molecule has 3 heteroatoms. The number of aryl methyl sites for hydroxylation is 1. The molecular weight excluding hydrogens is 198 g/mol. The number of nitrogens with zero attached hydrogens (tertiary/aromatic N) is 2. The molecule has 1 N–H and O–H groups in total. The highest BCUT2D eigenvalue weighted by Gasteiger charge is 2.18. The van der Waals surface area contributed by atoms with Crippen LogP contribution in [0.1, 0.15) is 43.8 Å². The molecule has 1 aliphatic carbocycles. The molecule has 3 nitrogen and oxygen atoms in total. The average molecular weight is 219 g/mol. The molecule has 0 bridgehead atoms. The minimum atomic E-state index is 0.641. The monoisotopic (exact) mass is 219 g/mol. The van der Waals surface area contributed by atoms with Crippen LogP contribution in [0.4, 0.5) is 5.95 Å². The van der Waals surface area contributed by atoms with Gasteiger partial charge in [-0.05, 0) is 19.8 Å². The fraction of sp³-hybridized carbons (Fsp3) is 0.615. The van der Waals surface area contributed by atoms with Crippen LogP contribution in [0.5, 0.6) is 0 Å². The molecule has 1 saturated carbocycles. The predicted octanol–water partition coefficient (Wildman–Crippen LogP) is 3.29. The second-order valence-corrected chi connectivity index (χ2v) is 4.57. The molecule has 0 radical (unpaired) electrons. The van der Waals surface area contributed by atoms with Crippen LogP contribution < -0.4 is 5.32 Å². The summed E-state index contributed by atoms with van der Waals surface area (Å²) in [5, 5.41) is 3.31. The maximum absolute atomic E-state index is 4.53. The molecule has 2 rings (SSSR count). The number of nitrogens with one attached hydrogen (secondary N) is 1. The normalized spacial score (nSPS) is 17.3. The van der Waals surface area contributed by atoms with Gasteiger partial charge >= 0.3 is 0 Å². The van der Waals surface area contributed by atoms with Crippen LogP contribution in [-0.2, 0) is 0 Å². The van der Waals surface area contributed by atoms with Gasteiger partial charge < -0.3 is 9.88 Å². The summed E-state index contributed by atoms with van der Waals surface area (Å²) in [6.07, 6.45) is 10.7. The number of imidazole rings is 1. The van der Waals surface area contributed by atoms with Crippen LogP contribution in [0, 0.1) is 6.92 Å². The first-order valence-corrected chi connectivity index (χ1v) is 6.21. The third-order valence-corrected chi connectivity index (χ3v) is 3.23. The molecule has 0 atom stereocenters. The Morgan fingerprint density at radius 1 is 1.50 bits per heavy atom. The summed E-state index contributed by atoms with van der Waals surface area (Å²) in [6.45, 7) is 6.56. The standard InChI is InChI=1S/C13H21N3/c1-3-9-14-13-15-11(2)10-16(13)12-7-5-4-6-8-12/h3,10,12H,1,4-9H2,2H3,(H,14,15). The zero-order valence-electron chi connectivity index (χ0n) is 10.1. The van der Waals surface area contributed by atoms with Crippen molar-refractivity contribution in [1.82, 2.24) is 9.55 Å². The lowest BCUT2D eigenvalue weighted by atomic mass is 9.95. The lowest BCUT2D eigenvalue weighted by Gasteiger charge is -2.24. The van der Waals surface area contributed by atoms with Crippen molar-refractivity contribution in [2.24, 2.45) is 0 Å². The van der Waals surface area contributed by atoms with E-state index in [4.69, 9.17) is 0 Å². The van der Waals surface area contributed by atoms with Gasteiger partial charge in [-0.15, -0.1) is 6.58 Å². The Hall–Kier alpha value is -1.25. The number of aromatic nitrogens is 2. The number of anilines is 1. The second kappa shape index (κ2) is 5.19. The lowest BCUT2D eigenvalue weighted by Crippen LogP contribution is -2.15. The molecule has 1 fully saturated rings. The van der Waals surface area contributed by atoms with E-state index in [-0.39, 0.29) is 0 Å². The van der Waals surface area contributed by atoms with Crippen LogP contribution in [0.3, 0.4) is 0 Å². The number of rotatable bonds is 4. The molecular formula is C13H21N3. The molecule has 1 aliphatic rings. The van der Waals surface area contributed by atoms with Gasteiger partial charge in [-0.25, -0.2) is 4.98 Å². The molecule has 1 heterocycles. The molecule has 0 unspecified atom stereocenters. The van der Waals surface area contributed by atoms with Gasteiger partial charge in [-0.2, -0.15) is 0 Å². The quantitative estimate of drug-likeness (QED) is 0.787. The summed E-state index contributed by atoms with van der Waals surface area (Å²) in [4.78, 5) is 4.53. The zero-order chi connectivity index (χ0) is 11.4. The Morgan fingerprint density at radius 2 is 2.25 bits per heavy atom. The number of hydrogen-bond acceptors (Lipinski definition) is 2. The van der Waals surface area contributed by atoms with Crippen LogP contribution in [0.15, 0.2) is 18.9 Å². The van der Waals surface area contributed by atoms with E-state index in [0.717, 1.165) is 18.2 Å². The highest BCUT2D eigenvalue weighted by atomic mass is 15.2. The smallest absolute Gasteiger partial charge is 0.203 e. The van der Waals surface area contributed by atoms with Gasteiger partial charge in [0.15, 0.2) is 0 Å². The molecule has 1 aromatic heterocycles. The predicted molar refractivity (Wildman–Crippen MR) is 67.8 cm³/mol. The Bertz CT molecular complexity index is 348. The third kappa shape index (κ3) is 2.46. The summed E-state index contributed by atoms with van der Waals surface area (Å²) in [5.41, 5.74) is 1.09. The second-order valence-electron chi connectivity index (χ2n) is 4.57. The maximum atomic E-state index is 4.53. The van der Waals surface area contributed by atoms with Gasteiger partial charge in [0.25, 0.3) is 0 Å². The molecule has 0 saturated heterocycles. The van der Waals surface area contributed by atoms with Crippen LogP contribution in [-0.4, -0.2) is 16.1 Å². The van der Waals surface area contributed by atoms with E-state index in [1.54, 1.807) is 0 Å². The van der Waals surface area contributed by atoms with E-state index in [9.17, 15) is 0 Å². The van der Waals surface area contributed by atoms with E-state index in [1.165, 1.54) is 32.1 Å². The Morgan fingerprint density at radius 3 is 2.94 bits per heavy atom. The van der Waals surface area contributed by atoms with Gasteiger partial charge in [-0.3, -0.25) is 0 Å². The van der Waals surface area contributed by atoms with Crippen LogP contribution >= 0.6 is 0 Å². The largest absolute Gasteiger partial charge is 0.352 e. The van der Waals surface area contributed by atoms with Gasteiger partial charge in [-0.1, -0.05) is 25.3 Å². The van der Waals surface area contributed by atoms with E-state index in [1.807, 2.05) is 6.08 Å². The third-order valence-electron chi connectivity index (χ3n) is 3.23. The van der Waals surface area contributed by atoms with Gasteiger partial charge in [0.05, 0.1) is 5.69 Å². The molecule has 0 aromatic carbocycles. The van der Waals surface area contributed by atoms with Crippen molar-refractivity contribution in [3.63, 3.8) is 0 Å². The van der Waals surface area contributed by atoms with E-state index >= 15 is 0 Å². The topological polar surface area (TPSA) is 29.9 Å². The molecule has 1 aromatic rings. The average Bonchev–Trinajstić information content (AvgIpc) is 2.69. The summed E-state index contributed by atoms with van der Waals surface area (Å²) < 4.78 is 2.32. The summed E-state index contributed by atoms with van der Waals surface area (Å²) in [6, 6.07) is 0.641. The minimum Gasteiger partial charge on any atom is -0.352 e. The van der Waals surface area contributed by atoms with Crippen molar-refractivity contribution in [2.75, 3.05) is 11.9 Å². The molecule has 0 spiro atoms. The van der Waals surface area contributed by atoms with Crippen molar-refractivity contribution in [3.05, 3.63) is 24.5 Å². The van der Waals surface area contributed by atoms with Crippen LogP contribution in [0.2, 0.25) is 0 Å². The molecule has 0 aliphatic heterocycles. The van der Waals surface area contributed by atoms with Crippen molar-refractivity contribution in [2.45, 2.75) is 45.1 Å². The van der Waals surface area contributed by atoms with Crippen LogP contribution in [0.25, 0.3) is 0 Å². The first-order chi connectivity index (χ1) is 7.81. The van der Waals surface area contributed by atoms with E-state index in [0.29, 0.717) is 6.04 Å². The Labute approximate surface area is 97.6 Å². The van der Waals surface area contributed by atoms with Crippen molar-refractivity contribution in [1.29, 1.82) is 0 Å². The fourth-order valence-corrected chi connectivity index (χ4v) is 2.45. The van der Waals surface area contributed by atoms with Crippen molar-refractivity contribution < 1.29 is 0 Å². The van der Waals surface area contributed by atoms with Gasteiger partial charge in [0.2, 0.25) is 5.95 Å². The summed E-state index contributed by atoms with van der Waals surface area (Å²) in [7, 11) is 0. The number of hydrogen-bond donors (Lipinski definition) is 1. The zero-order valence-corrected chi connectivity index (χ0v) is 10.1.